The summed E-state index contributed by atoms with van der Waals surface area (Å²) >= 11 is 4.37. The maximum absolute atomic E-state index is 10.2. The van der Waals surface area contributed by atoms with Gasteiger partial charge in [-0.2, -0.15) is 5.10 Å². The quantitative estimate of drug-likeness (QED) is 0.156. The fraction of sp³-hybridized carbons (Fsp3) is 0.571. The average Bonchev–Trinajstić information content (AvgIpc) is 2.25. The van der Waals surface area contributed by atoms with Gasteiger partial charge in [0.05, 0.1) is 12.2 Å². The number of nitrogens with two attached hydrogens (primary N) is 1. The molecular weight excluding hydrogens is 254 g/mol. The van der Waals surface area contributed by atoms with Gasteiger partial charge >= 0.3 is 0 Å². The maximum atomic E-state index is 10.2. The van der Waals surface area contributed by atoms with Gasteiger partial charge in [0.25, 0.3) is 0 Å². The maximum Gasteiger partial charge on any atom is 0.184 e. The smallest absolute Gasteiger partial charge is 0.184 e. The fourth-order valence-electron chi connectivity index (χ4n) is 0.794. The van der Waals surface area contributed by atoms with Crippen LogP contribution < -0.4 is 16.3 Å². The molecule has 0 amide bonds. The van der Waals surface area contributed by atoms with Crippen LogP contribution in [0.25, 0.3) is 0 Å². The molecule has 0 aromatic heterocycles. The van der Waals surface area contributed by atoms with E-state index in [4.69, 9.17) is 15.9 Å². The molecule has 4 atom stereocenters. The van der Waals surface area contributed by atoms with E-state index < -0.39 is 30.4 Å². The molecule has 0 saturated heterocycles. The molecule has 10 heteroatoms. The van der Waals surface area contributed by atoms with Crippen LogP contribution in [0.1, 0.15) is 0 Å². The molecule has 0 aliphatic carbocycles. The number of aliphatic hydroxyl groups excluding tert-OH is 4. The highest BCUT2D eigenvalue weighted by molar-refractivity contribution is 7.80. The summed E-state index contributed by atoms with van der Waals surface area (Å²) in [4.78, 5) is 10.2. The Kier molecular flexibility index (Phi) is 6.53. The monoisotopic (exact) mass is 266 g/mol. The van der Waals surface area contributed by atoms with E-state index in [9.17, 15) is 20.1 Å². The van der Waals surface area contributed by atoms with E-state index >= 15 is 0 Å². The lowest BCUT2D eigenvalue weighted by molar-refractivity contribution is -0.320. The number of carboxylic acids is 1. The topological polar surface area (TPSA) is 171 Å². The van der Waals surface area contributed by atoms with Gasteiger partial charge in [-0.1, -0.05) is 0 Å². The van der Waals surface area contributed by atoms with Crippen molar-refractivity contribution in [3.8, 4) is 0 Å². The number of aliphatic carboxylic acids is 1. The third kappa shape index (κ3) is 5.51. The van der Waals surface area contributed by atoms with Crippen LogP contribution in [0, 0.1) is 0 Å². The number of nitrogens with zero attached hydrogens (tertiary/aromatic N) is 1. The molecule has 0 aromatic rings. The van der Waals surface area contributed by atoms with E-state index in [2.05, 4.69) is 22.7 Å². The molecular formula is C7H12N3O6S-. The molecule has 0 rings (SSSR count). The molecule has 0 saturated carbocycles. The zero-order valence-electron chi connectivity index (χ0n) is 8.42. The summed E-state index contributed by atoms with van der Waals surface area (Å²) in [6, 6.07) is 0. The van der Waals surface area contributed by atoms with Crippen molar-refractivity contribution in [1.29, 1.82) is 0 Å². The van der Waals surface area contributed by atoms with Gasteiger partial charge in [0, 0.05) is 0 Å². The van der Waals surface area contributed by atoms with Gasteiger partial charge in [0.1, 0.15) is 24.4 Å². The Bertz CT molecular complexity index is 312. The Morgan fingerprint density at radius 1 is 1.35 bits per heavy atom. The molecule has 0 radical (unpaired) electrons. The van der Waals surface area contributed by atoms with Gasteiger partial charge in [-0.3, -0.25) is 5.43 Å². The SMILES string of the molecule is NC(=S)N/N=C\[C@H](O)[C@@H](O)[C@H](O)[C@H](O)C(=O)[O-]. The first-order chi connectivity index (χ1) is 7.77. The van der Waals surface area contributed by atoms with Crippen LogP contribution in [0.3, 0.4) is 0 Å². The first kappa shape index (κ1) is 15.7. The minimum absolute atomic E-state index is 0.196. The summed E-state index contributed by atoms with van der Waals surface area (Å²) in [6.45, 7) is 0. The second-order valence-corrected chi connectivity index (χ2v) is 3.43. The van der Waals surface area contributed by atoms with Crippen molar-refractivity contribution in [2.75, 3.05) is 0 Å². The van der Waals surface area contributed by atoms with Gasteiger partial charge in [-0.25, -0.2) is 0 Å². The molecule has 0 bridgehead atoms. The second-order valence-electron chi connectivity index (χ2n) is 2.99. The van der Waals surface area contributed by atoms with Crippen LogP contribution in [-0.4, -0.2) is 62.1 Å². The predicted molar refractivity (Wildman–Crippen MR) is 57.4 cm³/mol. The minimum atomic E-state index is -2.34. The fourth-order valence-corrected chi connectivity index (χ4v) is 0.846. The lowest BCUT2D eigenvalue weighted by Gasteiger charge is -2.25. The van der Waals surface area contributed by atoms with E-state index in [0.29, 0.717) is 0 Å². The second kappa shape index (κ2) is 7.09. The number of carboxylic acid groups (broad SMARTS) is 1. The number of hydrogen-bond acceptors (Lipinski definition) is 8. The molecule has 98 valence electrons. The van der Waals surface area contributed by atoms with Crippen molar-refractivity contribution < 1.29 is 30.3 Å². The van der Waals surface area contributed by atoms with Crippen LogP contribution >= 0.6 is 12.2 Å². The number of aliphatic hydroxyl groups is 4. The zero-order chi connectivity index (χ0) is 13.6. The highest BCUT2D eigenvalue weighted by atomic mass is 32.1. The lowest BCUT2D eigenvalue weighted by Crippen LogP contribution is -2.52. The molecule has 9 nitrogen and oxygen atoms in total. The number of hydrogen-bond donors (Lipinski definition) is 6. The number of nitrogens with one attached hydrogen (secondary N) is 1. The number of carbonyl (C=O) groups is 1. The standard InChI is InChI=1S/C7H13N3O6S/c8-7(17)10-9-1-2(11)3(12)4(13)5(14)6(15)16/h1-5,11-14H,(H,15,16)(H3,8,10,17)/p-1/b9-1-/t2-,3+,4-,5-/m0/s1. The third-order valence-electron chi connectivity index (χ3n) is 1.67. The summed E-state index contributed by atoms with van der Waals surface area (Å²) in [7, 11) is 0. The normalized spacial score (nSPS) is 18.4. The first-order valence-corrected chi connectivity index (χ1v) is 4.70. The molecule has 0 aromatic carbocycles. The van der Waals surface area contributed by atoms with E-state index in [1.807, 2.05) is 0 Å². The number of carbonyl (C=O) groups excluding carboxylic acids is 1. The molecule has 17 heavy (non-hydrogen) atoms. The van der Waals surface area contributed by atoms with Crippen LogP contribution in [0.2, 0.25) is 0 Å². The molecule has 7 N–H and O–H groups in total. The van der Waals surface area contributed by atoms with Crippen LogP contribution in [0.5, 0.6) is 0 Å². The zero-order valence-corrected chi connectivity index (χ0v) is 9.24. The van der Waals surface area contributed by atoms with Crippen molar-refractivity contribution >= 4 is 29.5 Å². The Morgan fingerprint density at radius 2 is 1.88 bits per heavy atom. The first-order valence-electron chi connectivity index (χ1n) is 4.29. The van der Waals surface area contributed by atoms with E-state index in [1.54, 1.807) is 0 Å². The minimum Gasteiger partial charge on any atom is -0.547 e. The molecule has 0 aliphatic rings. The van der Waals surface area contributed by atoms with Gasteiger partial charge < -0.3 is 36.1 Å². The van der Waals surface area contributed by atoms with Crippen LogP contribution in [0.4, 0.5) is 0 Å². The molecule has 0 unspecified atom stereocenters. The molecule has 0 heterocycles. The highest BCUT2D eigenvalue weighted by Gasteiger charge is 2.30. The van der Waals surface area contributed by atoms with E-state index in [1.165, 1.54) is 0 Å². The third-order valence-corrected chi connectivity index (χ3v) is 1.76. The summed E-state index contributed by atoms with van der Waals surface area (Å²) in [5.41, 5.74) is 7.05. The van der Waals surface area contributed by atoms with E-state index in [0.717, 1.165) is 6.21 Å². The number of hydrazone groups is 1. The van der Waals surface area contributed by atoms with Gasteiger partial charge in [0.2, 0.25) is 0 Å². The Morgan fingerprint density at radius 3 is 2.29 bits per heavy atom. The highest BCUT2D eigenvalue weighted by Crippen LogP contribution is 2.03. The largest absolute Gasteiger partial charge is 0.547 e. The predicted octanol–water partition coefficient (Wildman–Crippen LogP) is -5.00. The molecule has 0 aliphatic heterocycles. The van der Waals surface area contributed by atoms with Crippen molar-refractivity contribution in [2.45, 2.75) is 24.4 Å². The van der Waals surface area contributed by atoms with Gasteiger partial charge in [0.15, 0.2) is 5.11 Å². The Balaban J connectivity index is 4.38. The van der Waals surface area contributed by atoms with Crippen LogP contribution in [-0.2, 0) is 4.79 Å². The number of rotatable bonds is 6. The Labute approximate surface area is 101 Å². The van der Waals surface area contributed by atoms with Crippen molar-refractivity contribution in [3.63, 3.8) is 0 Å². The van der Waals surface area contributed by atoms with Crippen molar-refractivity contribution in [3.05, 3.63) is 0 Å². The van der Waals surface area contributed by atoms with Gasteiger partial charge in [-0.15, -0.1) is 0 Å². The molecule has 0 spiro atoms. The summed E-state index contributed by atoms with van der Waals surface area (Å²) < 4.78 is 0. The van der Waals surface area contributed by atoms with Crippen molar-refractivity contribution in [2.24, 2.45) is 10.8 Å². The van der Waals surface area contributed by atoms with Crippen LogP contribution in [0.15, 0.2) is 5.10 Å². The number of thiocarbonyl (C=S) groups is 1. The Hall–Kier alpha value is -1.33. The van der Waals surface area contributed by atoms with E-state index in [-0.39, 0.29) is 5.11 Å². The molecule has 0 fully saturated rings. The lowest BCUT2D eigenvalue weighted by atomic mass is 10.0. The van der Waals surface area contributed by atoms with Crippen molar-refractivity contribution in [1.82, 2.24) is 5.43 Å². The summed E-state index contributed by atoms with van der Waals surface area (Å²) in [5.74, 6) is -1.98. The summed E-state index contributed by atoms with van der Waals surface area (Å²) in [6.07, 6.45) is -7.46. The van der Waals surface area contributed by atoms with Gasteiger partial charge in [-0.05, 0) is 12.2 Å². The summed E-state index contributed by atoms with van der Waals surface area (Å²) in [5, 5.41) is 49.7. The average molecular weight is 266 g/mol.